The van der Waals surface area contributed by atoms with Gasteiger partial charge in [-0.15, -0.1) is 0 Å². The van der Waals surface area contributed by atoms with Crippen molar-refractivity contribution in [1.29, 1.82) is 5.53 Å². The van der Waals surface area contributed by atoms with E-state index >= 15 is 0 Å². The molecule has 0 aliphatic carbocycles. The number of rotatable bonds is 3. The highest BCUT2D eigenvalue weighted by atomic mass is 16.5. The number of hydrogen-bond donors (Lipinski definition) is 2. The number of nitrogens with one attached hydrogen (secondary N) is 1. The van der Waals surface area contributed by atoms with E-state index in [1.54, 1.807) is 24.3 Å². The number of nitrogens with zero attached hydrogens (tertiary/aromatic N) is 1. The van der Waals surface area contributed by atoms with Crippen molar-refractivity contribution in [2.45, 2.75) is 0 Å². The second kappa shape index (κ2) is 4.20. The van der Waals surface area contributed by atoms with Crippen LogP contribution in [0.3, 0.4) is 0 Å². The molecule has 1 rings (SSSR count). The van der Waals surface area contributed by atoms with Crippen LogP contribution in [0.1, 0.15) is 5.56 Å². The van der Waals surface area contributed by atoms with Crippen molar-refractivity contribution < 1.29 is 19.4 Å². The van der Waals surface area contributed by atoms with Crippen LogP contribution in [-0.2, 0) is 4.79 Å². The van der Waals surface area contributed by atoms with Gasteiger partial charge in [0.25, 0.3) is 0 Å². The summed E-state index contributed by atoms with van der Waals surface area (Å²) in [5.41, 5.74) is 6.72. The van der Waals surface area contributed by atoms with Gasteiger partial charge < -0.3 is 9.84 Å². The molecule has 0 saturated carbocycles. The largest absolute Gasteiger partial charge is 0.496 e. The van der Waals surface area contributed by atoms with Crippen LogP contribution in [0, 0.1) is 5.53 Å². The Balaban J connectivity index is 3.30. The summed E-state index contributed by atoms with van der Waals surface area (Å²) < 4.78 is 4.95. The molecule has 0 aliphatic rings. The molecule has 14 heavy (non-hydrogen) atoms. The fourth-order valence-electron chi connectivity index (χ4n) is 1.06. The average Bonchev–Trinajstić information content (AvgIpc) is 2.19. The first kappa shape index (κ1) is 9.95. The predicted molar refractivity (Wildman–Crippen MR) is 47.7 cm³/mol. The lowest BCUT2D eigenvalue weighted by molar-refractivity contribution is -0.147. The van der Waals surface area contributed by atoms with E-state index in [-0.39, 0.29) is 5.71 Å². The minimum absolute atomic E-state index is 0.303. The summed E-state index contributed by atoms with van der Waals surface area (Å²) in [5.74, 6) is -0.856. The third kappa shape index (κ3) is 1.78. The van der Waals surface area contributed by atoms with Gasteiger partial charge >= 0.3 is 11.7 Å². The van der Waals surface area contributed by atoms with Crippen LogP contribution in [0.2, 0.25) is 0 Å². The van der Waals surface area contributed by atoms with Crippen molar-refractivity contribution in [2.75, 3.05) is 7.11 Å². The van der Waals surface area contributed by atoms with Gasteiger partial charge in [0, 0.05) is 0 Å². The fourth-order valence-corrected chi connectivity index (χ4v) is 1.06. The molecule has 0 unspecified atom stereocenters. The van der Waals surface area contributed by atoms with Crippen LogP contribution in [0.25, 0.3) is 0 Å². The molecule has 0 saturated heterocycles. The zero-order valence-corrected chi connectivity index (χ0v) is 7.52. The minimum Gasteiger partial charge on any atom is -0.496 e. The van der Waals surface area contributed by atoms with Gasteiger partial charge in [-0.1, -0.05) is 12.1 Å². The molecular weight excluding hydrogens is 184 g/mol. The van der Waals surface area contributed by atoms with Gasteiger partial charge in [-0.25, -0.2) is 4.79 Å². The number of carbonyl (C=O) groups is 1. The number of methoxy groups -OCH3 is 1. The van der Waals surface area contributed by atoms with E-state index in [9.17, 15) is 4.79 Å². The number of carboxylic acid groups (broad SMARTS) is 1. The Hall–Kier alpha value is -2.13. The van der Waals surface area contributed by atoms with Gasteiger partial charge in [-0.3, -0.25) is 0 Å². The standard InChI is InChI=1S/C9H8N2O3/c1-14-7-5-3-2-4-6(7)8(11-10)9(12)13/h2-5,10H,1H3/p+1. The zero-order valence-electron chi connectivity index (χ0n) is 7.52. The van der Waals surface area contributed by atoms with E-state index in [2.05, 4.69) is 4.79 Å². The molecule has 0 atom stereocenters. The highest BCUT2D eigenvalue weighted by Gasteiger charge is 2.27. The maximum absolute atomic E-state index is 10.7. The van der Waals surface area contributed by atoms with Crippen LogP contribution in [0.5, 0.6) is 5.75 Å². The van der Waals surface area contributed by atoms with Gasteiger partial charge in [-0.05, 0) is 12.1 Å². The van der Waals surface area contributed by atoms with Crippen LogP contribution >= 0.6 is 0 Å². The van der Waals surface area contributed by atoms with Crippen LogP contribution in [0.4, 0.5) is 0 Å². The van der Waals surface area contributed by atoms with E-state index < -0.39 is 5.97 Å². The van der Waals surface area contributed by atoms with Gasteiger partial charge in [0.15, 0.2) is 0 Å². The fraction of sp³-hybridized carbons (Fsp3) is 0.111. The number of hydrogen-bond acceptors (Lipinski definition) is 3. The van der Waals surface area contributed by atoms with Crippen LogP contribution in [0.15, 0.2) is 24.3 Å². The molecule has 1 aromatic rings. The molecule has 0 fully saturated rings. The Morgan fingerprint density at radius 3 is 2.64 bits per heavy atom. The first-order valence-electron chi connectivity index (χ1n) is 3.81. The Kier molecular flexibility index (Phi) is 2.99. The van der Waals surface area contributed by atoms with Crippen molar-refractivity contribution in [1.82, 2.24) is 0 Å². The maximum atomic E-state index is 10.7. The molecule has 0 heterocycles. The van der Waals surface area contributed by atoms with Crippen molar-refractivity contribution in [3.63, 3.8) is 0 Å². The molecule has 5 nitrogen and oxygen atoms in total. The summed E-state index contributed by atoms with van der Waals surface area (Å²) in [4.78, 5) is 13.6. The average molecular weight is 193 g/mol. The van der Waals surface area contributed by atoms with E-state index in [1.807, 2.05) is 0 Å². The lowest BCUT2D eigenvalue weighted by atomic mass is 10.1. The number of benzene rings is 1. The van der Waals surface area contributed by atoms with Crippen molar-refractivity contribution >= 4 is 11.7 Å². The van der Waals surface area contributed by atoms with Gasteiger partial charge in [0.05, 0.1) is 17.4 Å². The topological polar surface area (TPSA) is 84.5 Å². The molecule has 0 aliphatic heterocycles. The van der Waals surface area contributed by atoms with E-state index in [1.165, 1.54) is 7.11 Å². The van der Waals surface area contributed by atoms with Crippen molar-refractivity contribution in [3.8, 4) is 5.75 Å². The predicted octanol–water partition coefficient (Wildman–Crippen LogP) is 0.808. The Morgan fingerprint density at radius 1 is 1.50 bits per heavy atom. The summed E-state index contributed by atoms with van der Waals surface area (Å²) in [6.45, 7) is 0. The molecule has 0 amide bonds. The van der Waals surface area contributed by atoms with Gasteiger partial charge in [0.2, 0.25) is 0 Å². The monoisotopic (exact) mass is 193 g/mol. The van der Waals surface area contributed by atoms with Crippen molar-refractivity contribution in [2.24, 2.45) is 0 Å². The Morgan fingerprint density at radius 2 is 2.14 bits per heavy atom. The maximum Gasteiger partial charge on any atom is 0.459 e. The van der Waals surface area contributed by atoms with Gasteiger partial charge in [-0.2, -0.15) is 0 Å². The van der Waals surface area contributed by atoms with E-state index in [4.69, 9.17) is 15.4 Å². The second-order valence-corrected chi connectivity index (χ2v) is 2.47. The Bertz CT molecular complexity index is 408. The number of ether oxygens (including phenoxy) is 1. The molecule has 2 N–H and O–H groups in total. The van der Waals surface area contributed by atoms with Crippen LogP contribution in [-0.4, -0.2) is 28.7 Å². The molecule has 0 aromatic heterocycles. The zero-order chi connectivity index (χ0) is 10.6. The summed E-state index contributed by atoms with van der Waals surface area (Å²) in [7, 11) is 1.43. The summed E-state index contributed by atoms with van der Waals surface area (Å²) in [5, 5.41) is 8.74. The smallest absolute Gasteiger partial charge is 0.459 e. The minimum atomic E-state index is -1.25. The molecule has 0 radical (unpaired) electrons. The second-order valence-electron chi connectivity index (χ2n) is 2.47. The molecule has 1 aromatic carbocycles. The highest BCUT2D eigenvalue weighted by Crippen LogP contribution is 2.17. The lowest BCUT2D eigenvalue weighted by Gasteiger charge is -2.00. The summed E-state index contributed by atoms with van der Waals surface area (Å²) in [6, 6.07) is 6.53. The van der Waals surface area contributed by atoms with Crippen LogP contribution < -0.4 is 4.74 Å². The number of para-hydroxylation sites is 1. The lowest BCUT2D eigenvalue weighted by Crippen LogP contribution is -2.16. The summed E-state index contributed by atoms with van der Waals surface area (Å²) >= 11 is 0. The third-order valence-electron chi connectivity index (χ3n) is 1.68. The van der Waals surface area contributed by atoms with E-state index in [0.717, 1.165) is 0 Å². The van der Waals surface area contributed by atoms with Crippen molar-refractivity contribution in [3.05, 3.63) is 29.8 Å². The summed E-state index contributed by atoms with van der Waals surface area (Å²) in [6.07, 6.45) is 0. The quantitative estimate of drug-likeness (QED) is 0.423. The highest BCUT2D eigenvalue weighted by molar-refractivity contribution is 6.40. The normalized spacial score (nSPS) is 8.93. The third-order valence-corrected chi connectivity index (χ3v) is 1.68. The first-order valence-corrected chi connectivity index (χ1v) is 3.81. The Labute approximate surface area is 80.2 Å². The molecular formula is C9H9N2O3+. The van der Waals surface area contributed by atoms with Gasteiger partial charge in [0.1, 0.15) is 11.3 Å². The first-order chi connectivity index (χ1) is 6.70. The number of aliphatic carboxylic acids is 1. The molecule has 72 valence electrons. The molecule has 0 bridgehead atoms. The molecule has 0 spiro atoms. The molecule has 5 heteroatoms. The SMILES string of the molecule is COc1ccccc1C(=[N+]=N)C(=O)O. The number of carboxylic acids is 1. The van der Waals surface area contributed by atoms with E-state index in [0.29, 0.717) is 11.3 Å².